The van der Waals surface area contributed by atoms with Crippen molar-refractivity contribution in [1.29, 1.82) is 0 Å². The van der Waals surface area contributed by atoms with E-state index in [2.05, 4.69) is 11.3 Å². The Morgan fingerprint density at radius 1 is 1.30 bits per heavy atom. The molecule has 0 atom stereocenters. The Hall–Kier alpha value is -2.02. The zero-order valence-corrected chi connectivity index (χ0v) is 12.5. The molecule has 126 valence electrons. The highest BCUT2D eigenvalue weighted by Gasteiger charge is 2.34. The molecular weight excluding hydrogens is 311 g/mol. The van der Waals surface area contributed by atoms with Crippen LogP contribution in [0.3, 0.4) is 0 Å². The minimum atomic E-state index is -4.72. The molecule has 1 aromatic carbocycles. The van der Waals surface area contributed by atoms with E-state index in [1.54, 1.807) is 4.90 Å². The first-order valence-electron chi connectivity index (χ1n) is 7.19. The summed E-state index contributed by atoms with van der Waals surface area (Å²) in [6.45, 7) is 4.28. The summed E-state index contributed by atoms with van der Waals surface area (Å²) in [7, 11) is 0. The van der Waals surface area contributed by atoms with Gasteiger partial charge in [0.2, 0.25) is 5.91 Å². The maximum Gasteiger partial charge on any atom is 0.573 e. The summed E-state index contributed by atoms with van der Waals surface area (Å²) in [6.07, 6.45) is -2.34. The molecule has 1 aliphatic heterocycles. The number of hydrogen-bond donors (Lipinski definition) is 1. The molecular formula is C16H18F3NO3. The molecule has 0 aromatic heterocycles. The van der Waals surface area contributed by atoms with E-state index < -0.39 is 12.0 Å². The largest absolute Gasteiger partial charge is 0.573 e. The van der Waals surface area contributed by atoms with Gasteiger partial charge in [-0.05, 0) is 36.6 Å². The number of piperidine rings is 1. The van der Waals surface area contributed by atoms with Crippen LogP contribution in [0.15, 0.2) is 36.9 Å². The second-order valence-corrected chi connectivity index (χ2v) is 5.62. The summed E-state index contributed by atoms with van der Waals surface area (Å²) in [5.74, 6) is -0.458. The van der Waals surface area contributed by atoms with E-state index in [-0.39, 0.29) is 11.7 Å². The first-order chi connectivity index (χ1) is 10.7. The molecule has 1 aromatic rings. The summed E-state index contributed by atoms with van der Waals surface area (Å²) >= 11 is 0. The SMILES string of the molecule is C=CC(=O)N1CCC(O)(Cc2ccc(OC(F)(F)F)cc2)CC1. The van der Waals surface area contributed by atoms with Gasteiger partial charge >= 0.3 is 6.36 Å². The van der Waals surface area contributed by atoms with Crippen LogP contribution in [0.1, 0.15) is 18.4 Å². The topological polar surface area (TPSA) is 49.8 Å². The normalized spacial score (nSPS) is 17.7. The third kappa shape index (κ3) is 4.99. The molecule has 0 bridgehead atoms. The van der Waals surface area contributed by atoms with Crippen molar-refractivity contribution in [1.82, 2.24) is 4.90 Å². The molecule has 0 aliphatic carbocycles. The average Bonchev–Trinajstić information content (AvgIpc) is 2.48. The van der Waals surface area contributed by atoms with Crippen molar-refractivity contribution >= 4 is 5.91 Å². The second kappa shape index (κ2) is 6.62. The highest BCUT2D eigenvalue weighted by molar-refractivity contribution is 5.87. The molecule has 4 nitrogen and oxygen atoms in total. The summed E-state index contributed by atoms with van der Waals surface area (Å²) in [5.41, 5.74) is -0.254. The van der Waals surface area contributed by atoms with Crippen LogP contribution in [0.2, 0.25) is 0 Å². The lowest BCUT2D eigenvalue weighted by atomic mass is 9.85. The quantitative estimate of drug-likeness (QED) is 0.864. The fraction of sp³-hybridized carbons (Fsp3) is 0.438. The predicted molar refractivity (Wildman–Crippen MR) is 77.8 cm³/mol. The van der Waals surface area contributed by atoms with Crippen molar-refractivity contribution in [3.8, 4) is 5.75 Å². The van der Waals surface area contributed by atoms with Gasteiger partial charge in [-0.2, -0.15) is 0 Å². The molecule has 1 heterocycles. The van der Waals surface area contributed by atoms with Crippen molar-refractivity contribution in [3.05, 3.63) is 42.5 Å². The molecule has 1 aliphatic rings. The molecule has 0 unspecified atom stereocenters. The third-order valence-electron chi connectivity index (χ3n) is 3.87. The first kappa shape index (κ1) is 17.3. The number of carbonyl (C=O) groups excluding carboxylic acids is 1. The molecule has 7 heteroatoms. The molecule has 0 spiro atoms. The number of nitrogens with zero attached hydrogens (tertiary/aromatic N) is 1. The van der Waals surface area contributed by atoms with Crippen LogP contribution >= 0.6 is 0 Å². The maximum absolute atomic E-state index is 12.1. The number of likely N-dealkylation sites (tertiary alicyclic amines) is 1. The molecule has 2 rings (SSSR count). The summed E-state index contributed by atoms with van der Waals surface area (Å²) in [4.78, 5) is 13.1. The number of halogens is 3. The Morgan fingerprint density at radius 2 is 1.87 bits per heavy atom. The minimum Gasteiger partial charge on any atom is -0.406 e. The number of ether oxygens (including phenoxy) is 1. The molecule has 0 radical (unpaired) electrons. The van der Waals surface area contributed by atoms with Gasteiger partial charge in [0.25, 0.3) is 0 Å². The van der Waals surface area contributed by atoms with Crippen LogP contribution in [-0.4, -0.2) is 41.0 Å². The molecule has 1 N–H and O–H groups in total. The van der Waals surface area contributed by atoms with Crippen molar-refractivity contribution in [2.24, 2.45) is 0 Å². The molecule has 1 fully saturated rings. The zero-order valence-electron chi connectivity index (χ0n) is 12.5. The van der Waals surface area contributed by atoms with Crippen molar-refractivity contribution in [2.45, 2.75) is 31.2 Å². The smallest absolute Gasteiger partial charge is 0.406 e. The van der Waals surface area contributed by atoms with Gasteiger partial charge < -0.3 is 14.7 Å². The Kier molecular flexibility index (Phi) is 4.99. The van der Waals surface area contributed by atoms with E-state index in [1.165, 1.54) is 30.3 Å². The van der Waals surface area contributed by atoms with E-state index in [0.717, 1.165) is 0 Å². The Bertz CT molecular complexity index is 561. The fourth-order valence-corrected chi connectivity index (χ4v) is 2.64. The number of alkyl halides is 3. The molecule has 1 saturated heterocycles. The maximum atomic E-state index is 12.1. The van der Waals surface area contributed by atoms with Crippen molar-refractivity contribution in [2.75, 3.05) is 13.1 Å². The van der Waals surface area contributed by atoms with Crippen LogP contribution in [0, 0.1) is 0 Å². The van der Waals surface area contributed by atoms with E-state index in [4.69, 9.17) is 0 Å². The lowest BCUT2D eigenvalue weighted by Gasteiger charge is -2.38. The number of carbonyl (C=O) groups is 1. The third-order valence-corrected chi connectivity index (χ3v) is 3.87. The summed E-state index contributed by atoms with van der Waals surface area (Å²) in [6, 6.07) is 5.45. The van der Waals surface area contributed by atoms with Gasteiger partial charge in [-0.3, -0.25) is 4.79 Å². The van der Waals surface area contributed by atoms with E-state index in [0.29, 0.717) is 37.9 Å². The van der Waals surface area contributed by atoms with Crippen molar-refractivity contribution in [3.63, 3.8) is 0 Å². The molecule has 23 heavy (non-hydrogen) atoms. The standard InChI is InChI=1S/C16H18F3NO3/c1-2-14(21)20-9-7-15(22,8-10-20)11-12-3-5-13(6-4-12)23-16(17,18)19/h2-6,22H,1,7-11H2. The Labute approximate surface area is 132 Å². The van der Waals surface area contributed by atoms with Crippen LogP contribution in [0.4, 0.5) is 13.2 Å². The van der Waals surface area contributed by atoms with Gasteiger partial charge in [0, 0.05) is 19.5 Å². The van der Waals surface area contributed by atoms with Gasteiger partial charge in [0.05, 0.1) is 5.60 Å². The predicted octanol–water partition coefficient (Wildman–Crippen LogP) is 2.67. The highest BCUT2D eigenvalue weighted by Crippen LogP contribution is 2.28. The van der Waals surface area contributed by atoms with Gasteiger partial charge in [-0.25, -0.2) is 0 Å². The highest BCUT2D eigenvalue weighted by atomic mass is 19.4. The lowest BCUT2D eigenvalue weighted by Crippen LogP contribution is -2.47. The van der Waals surface area contributed by atoms with Gasteiger partial charge in [0.1, 0.15) is 5.75 Å². The number of rotatable bonds is 4. The van der Waals surface area contributed by atoms with Crippen LogP contribution in [0.25, 0.3) is 0 Å². The second-order valence-electron chi connectivity index (χ2n) is 5.62. The lowest BCUT2D eigenvalue weighted by molar-refractivity contribution is -0.274. The fourth-order valence-electron chi connectivity index (χ4n) is 2.64. The first-order valence-corrected chi connectivity index (χ1v) is 7.19. The number of aliphatic hydroxyl groups is 1. The zero-order chi connectivity index (χ0) is 17.1. The van der Waals surface area contributed by atoms with E-state index in [1.807, 2.05) is 0 Å². The summed E-state index contributed by atoms with van der Waals surface area (Å²) in [5, 5.41) is 10.6. The molecule has 1 amide bonds. The average molecular weight is 329 g/mol. The number of hydrogen-bond acceptors (Lipinski definition) is 3. The molecule has 0 saturated carbocycles. The Balaban J connectivity index is 1.94. The number of amides is 1. The van der Waals surface area contributed by atoms with Gasteiger partial charge in [0.15, 0.2) is 0 Å². The van der Waals surface area contributed by atoms with Crippen LogP contribution in [0.5, 0.6) is 5.75 Å². The van der Waals surface area contributed by atoms with Crippen molar-refractivity contribution < 1.29 is 27.8 Å². The van der Waals surface area contributed by atoms with Crippen LogP contribution < -0.4 is 4.74 Å². The van der Waals surface area contributed by atoms with E-state index >= 15 is 0 Å². The summed E-state index contributed by atoms with van der Waals surface area (Å²) < 4.78 is 40.1. The van der Waals surface area contributed by atoms with Gasteiger partial charge in [-0.15, -0.1) is 13.2 Å². The number of benzene rings is 1. The van der Waals surface area contributed by atoms with E-state index in [9.17, 15) is 23.1 Å². The monoisotopic (exact) mass is 329 g/mol. The van der Waals surface area contributed by atoms with Crippen LogP contribution in [-0.2, 0) is 11.2 Å². The Morgan fingerprint density at radius 3 is 2.35 bits per heavy atom. The minimum absolute atomic E-state index is 0.166. The van der Waals surface area contributed by atoms with Gasteiger partial charge in [-0.1, -0.05) is 18.7 Å².